The standard InChI is InChI=1S/C62H38N4OS/c1-2-11-39(12-3-1)40-21-28-46(29-22-40)65(48-16-10-15-44(37-48)45-27-36-58-54(38-45)52-19-8-9-20-57(52)67-58)56-35-33-50(60-61(56)64-68-63-60)43-23-30-47(31-24-43)66-55-34-26-41-13-4-6-17-49(41)59(55)53-32-25-42-14-5-7-18-51(42)62(53)66/h1-38H. The number of rotatable bonds is 7. The number of nitrogens with zero attached hydrogens (tertiary/aromatic N) is 4. The molecule has 0 saturated carbocycles. The van der Waals surface area contributed by atoms with E-state index >= 15 is 0 Å². The molecule has 0 atom stereocenters. The van der Waals surface area contributed by atoms with E-state index in [1.807, 2.05) is 12.1 Å². The lowest BCUT2D eigenvalue weighted by Crippen LogP contribution is -2.11. The quantitative estimate of drug-likeness (QED) is 0.160. The van der Waals surface area contributed by atoms with Gasteiger partial charge in [0.1, 0.15) is 22.2 Å². The van der Waals surface area contributed by atoms with Gasteiger partial charge in [-0.1, -0.05) is 158 Å². The predicted octanol–water partition coefficient (Wildman–Crippen LogP) is 17.5. The third-order valence-corrected chi connectivity index (χ3v) is 14.2. The predicted molar refractivity (Wildman–Crippen MR) is 285 cm³/mol. The molecule has 14 rings (SSSR count). The normalized spacial score (nSPS) is 11.8. The summed E-state index contributed by atoms with van der Waals surface area (Å²) in [6, 6.07) is 82.7. The van der Waals surface area contributed by atoms with Crippen LogP contribution in [-0.2, 0) is 0 Å². The number of fused-ring (bicyclic) bond motifs is 11. The Morgan fingerprint density at radius 1 is 0.397 bits per heavy atom. The van der Waals surface area contributed by atoms with Gasteiger partial charge in [0.2, 0.25) is 0 Å². The van der Waals surface area contributed by atoms with E-state index in [2.05, 4.69) is 228 Å². The Morgan fingerprint density at radius 2 is 1.04 bits per heavy atom. The van der Waals surface area contributed by atoms with Crippen LogP contribution in [0, 0.1) is 0 Å². The maximum Gasteiger partial charge on any atom is 0.135 e. The van der Waals surface area contributed by atoms with Crippen molar-refractivity contribution in [3.63, 3.8) is 0 Å². The van der Waals surface area contributed by atoms with Gasteiger partial charge >= 0.3 is 0 Å². The zero-order valence-corrected chi connectivity index (χ0v) is 37.4. The van der Waals surface area contributed by atoms with E-state index in [0.717, 1.165) is 83.5 Å². The number of furan rings is 1. The topological polar surface area (TPSA) is 47.1 Å². The first-order valence-electron chi connectivity index (χ1n) is 22.9. The highest BCUT2D eigenvalue weighted by Gasteiger charge is 2.22. The van der Waals surface area contributed by atoms with E-state index in [1.165, 1.54) is 60.6 Å². The first-order valence-corrected chi connectivity index (χ1v) is 23.6. The van der Waals surface area contributed by atoms with Crippen molar-refractivity contribution in [1.29, 1.82) is 0 Å². The van der Waals surface area contributed by atoms with Crippen molar-refractivity contribution >= 4 is 105 Å². The Labute approximate surface area is 395 Å². The molecule has 0 amide bonds. The highest BCUT2D eigenvalue weighted by molar-refractivity contribution is 7.00. The fourth-order valence-electron chi connectivity index (χ4n) is 10.5. The van der Waals surface area contributed by atoms with Crippen molar-refractivity contribution in [2.75, 3.05) is 4.90 Å². The lowest BCUT2D eigenvalue weighted by Gasteiger charge is -2.26. The van der Waals surface area contributed by atoms with Crippen molar-refractivity contribution < 1.29 is 4.42 Å². The van der Waals surface area contributed by atoms with Gasteiger partial charge in [0.05, 0.1) is 28.4 Å². The summed E-state index contributed by atoms with van der Waals surface area (Å²) < 4.78 is 18.7. The highest BCUT2D eigenvalue weighted by Crippen LogP contribution is 2.45. The first kappa shape index (κ1) is 38.4. The largest absolute Gasteiger partial charge is 0.456 e. The Balaban J connectivity index is 0.895. The van der Waals surface area contributed by atoms with Crippen LogP contribution in [0.1, 0.15) is 0 Å². The summed E-state index contributed by atoms with van der Waals surface area (Å²) in [6.45, 7) is 0. The monoisotopic (exact) mass is 886 g/mol. The number of anilines is 3. The van der Waals surface area contributed by atoms with Crippen molar-refractivity contribution in [1.82, 2.24) is 13.3 Å². The summed E-state index contributed by atoms with van der Waals surface area (Å²) >= 11 is 1.25. The number of hydrogen-bond acceptors (Lipinski definition) is 5. The van der Waals surface area contributed by atoms with E-state index in [1.54, 1.807) is 0 Å². The molecule has 0 N–H and O–H groups in total. The molecule has 3 aromatic heterocycles. The molecular weight excluding hydrogens is 849 g/mol. The van der Waals surface area contributed by atoms with Crippen LogP contribution >= 0.6 is 11.7 Å². The van der Waals surface area contributed by atoms with E-state index in [9.17, 15) is 0 Å². The second-order valence-electron chi connectivity index (χ2n) is 17.4. The van der Waals surface area contributed by atoms with Crippen LogP contribution in [-0.4, -0.2) is 13.3 Å². The Hall–Kier alpha value is -8.84. The molecule has 3 heterocycles. The van der Waals surface area contributed by atoms with Crippen LogP contribution in [0.3, 0.4) is 0 Å². The minimum absolute atomic E-state index is 0.848. The number of para-hydroxylation sites is 1. The first-order chi connectivity index (χ1) is 33.7. The fourth-order valence-corrected chi connectivity index (χ4v) is 11.0. The van der Waals surface area contributed by atoms with Gasteiger partial charge in [0.25, 0.3) is 0 Å². The smallest absolute Gasteiger partial charge is 0.135 e. The highest BCUT2D eigenvalue weighted by atomic mass is 32.1. The summed E-state index contributed by atoms with van der Waals surface area (Å²) in [4.78, 5) is 2.32. The summed E-state index contributed by atoms with van der Waals surface area (Å²) in [5.41, 5.74) is 16.7. The lowest BCUT2D eigenvalue weighted by atomic mass is 10.00. The minimum atomic E-state index is 0.848. The zero-order valence-electron chi connectivity index (χ0n) is 36.5. The van der Waals surface area contributed by atoms with Gasteiger partial charge in [-0.3, -0.25) is 0 Å². The molecule has 0 bridgehead atoms. The van der Waals surface area contributed by atoms with Gasteiger partial charge in [-0.2, -0.15) is 8.75 Å². The molecule has 14 aromatic rings. The maximum atomic E-state index is 6.20. The van der Waals surface area contributed by atoms with E-state index in [4.69, 9.17) is 13.2 Å². The molecule has 0 saturated heterocycles. The molecule has 0 aliphatic carbocycles. The van der Waals surface area contributed by atoms with E-state index in [-0.39, 0.29) is 0 Å². The average Bonchev–Trinajstić information content (AvgIpc) is 4.15. The van der Waals surface area contributed by atoms with Gasteiger partial charge in [0.15, 0.2) is 0 Å². The third kappa shape index (κ3) is 6.08. The third-order valence-electron chi connectivity index (χ3n) is 13.7. The molecule has 0 aliphatic rings. The Kier molecular flexibility index (Phi) is 8.69. The number of hydrogen-bond donors (Lipinski definition) is 0. The average molecular weight is 887 g/mol. The molecule has 5 nitrogen and oxygen atoms in total. The second kappa shape index (κ2) is 15.4. The summed E-state index contributed by atoms with van der Waals surface area (Å²) in [7, 11) is 0. The molecule has 318 valence electrons. The van der Waals surface area contributed by atoms with Crippen LogP contribution < -0.4 is 4.90 Å². The number of benzene rings is 11. The fraction of sp³-hybridized carbons (Fsp3) is 0. The van der Waals surface area contributed by atoms with Crippen molar-refractivity contribution in [3.8, 4) is 39.1 Å². The zero-order chi connectivity index (χ0) is 44.7. The van der Waals surface area contributed by atoms with E-state index in [0.29, 0.717) is 0 Å². The number of aromatic nitrogens is 3. The van der Waals surface area contributed by atoms with Crippen LogP contribution in [0.15, 0.2) is 235 Å². The SMILES string of the molecule is c1ccc(-c2ccc(N(c3cccc(-c4ccc5oc6ccccc6c5c4)c3)c3ccc(-c4ccc(-n5c6ccc7ccccc7c6c6ccc7ccccc7c65)cc4)c4nsnc34)cc2)cc1. The van der Waals surface area contributed by atoms with Crippen LogP contribution in [0.4, 0.5) is 17.1 Å². The minimum Gasteiger partial charge on any atom is -0.456 e. The van der Waals surface area contributed by atoms with Crippen molar-refractivity contribution in [2.45, 2.75) is 0 Å². The van der Waals surface area contributed by atoms with Gasteiger partial charge in [-0.05, 0) is 117 Å². The van der Waals surface area contributed by atoms with Crippen LogP contribution in [0.5, 0.6) is 0 Å². The molecule has 0 aliphatic heterocycles. The Bertz CT molecular complexity index is 4260. The summed E-state index contributed by atoms with van der Waals surface area (Å²) in [6.07, 6.45) is 0. The summed E-state index contributed by atoms with van der Waals surface area (Å²) in [5, 5.41) is 9.70. The van der Waals surface area contributed by atoms with Crippen LogP contribution in [0.2, 0.25) is 0 Å². The molecule has 0 spiro atoms. The van der Waals surface area contributed by atoms with Gasteiger partial charge < -0.3 is 13.9 Å². The van der Waals surface area contributed by atoms with E-state index < -0.39 is 0 Å². The van der Waals surface area contributed by atoms with Gasteiger partial charge in [0, 0.05) is 49.6 Å². The molecule has 0 fully saturated rings. The molecule has 6 heteroatoms. The molecule has 68 heavy (non-hydrogen) atoms. The summed E-state index contributed by atoms with van der Waals surface area (Å²) in [5.74, 6) is 0. The van der Waals surface area contributed by atoms with Crippen molar-refractivity contribution in [3.05, 3.63) is 231 Å². The Morgan fingerprint density at radius 3 is 1.90 bits per heavy atom. The maximum absolute atomic E-state index is 6.20. The van der Waals surface area contributed by atoms with Crippen LogP contribution in [0.25, 0.3) is 115 Å². The second-order valence-corrected chi connectivity index (χ2v) is 18.0. The molecule has 0 unspecified atom stereocenters. The van der Waals surface area contributed by atoms with Gasteiger partial charge in [-0.25, -0.2) is 0 Å². The lowest BCUT2D eigenvalue weighted by molar-refractivity contribution is 0.669. The molecule has 0 radical (unpaired) electrons. The molecule has 11 aromatic carbocycles. The van der Waals surface area contributed by atoms with Crippen molar-refractivity contribution in [2.24, 2.45) is 0 Å². The van der Waals surface area contributed by atoms with Gasteiger partial charge in [-0.15, -0.1) is 0 Å². The molecular formula is C62H38N4OS.